The van der Waals surface area contributed by atoms with Crippen LogP contribution in [0.15, 0.2) is 33.9 Å². The second-order valence-corrected chi connectivity index (χ2v) is 6.12. The van der Waals surface area contributed by atoms with Crippen LogP contribution in [-0.2, 0) is 4.74 Å². The number of hydrogen-bond donors (Lipinski definition) is 5. The van der Waals surface area contributed by atoms with E-state index >= 15 is 0 Å². The lowest BCUT2D eigenvalue weighted by Gasteiger charge is -2.39. The van der Waals surface area contributed by atoms with Gasteiger partial charge in [-0.1, -0.05) is 0 Å². The van der Waals surface area contributed by atoms with E-state index in [1.165, 1.54) is 12.1 Å². The average Bonchev–Trinajstić information content (AvgIpc) is 2.66. The molecule has 3 rings (SSSR count). The quantitative estimate of drug-likeness (QED) is 0.400. The molecule has 0 radical (unpaired) electrons. The van der Waals surface area contributed by atoms with Crippen LogP contribution in [0, 0.1) is 6.92 Å². The van der Waals surface area contributed by atoms with Gasteiger partial charge in [0.05, 0.1) is 12.3 Å². The third kappa shape index (κ3) is 3.22. The van der Waals surface area contributed by atoms with Gasteiger partial charge in [0.15, 0.2) is 0 Å². The zero-order valence-corrected chi connectivity index (χ0v) is 13.8. The highest BCUT2D eigenvalue weighted by atomic mass is 16.7. The van der Waals surface area contributed by atoms with Crippen molar-refractivity contribution >= 4 is 11.4 Å². The maximum atomic E-state index is 11.5. The van der Waals surface area contributed by atoms with Gasteiger partial charge in [-0.05, 0) is 31.2 Å². The minimum atomic E-state index is -1.52. The number of ether oxygens (including phenoxy) is 2. The molecule has 9 nitrogen and oxygen atoms in total. The standard InChI is InChI=1S/C17H19NO8/c1-7-11(14(22)12(7)20)18-8-2-4-9(5-3-8)25-17-16(24)15(23)13(21)10(6-19)26-17/h2-5,10,13,15-19,21,23-24H,6H2,1H3/t10?,13?,15-,16+,17?/m0/s1. The van der Waals surface area contributed by atoms with E-state index < -0.39 is 48.2 Å². The number of hydrogen-bond acceptors (Lipinski definition) is 9. The third-order valence-electron chi connectivity index (χ3n) is 4.37. The molecule has 0 amide bonds. The lowest BCUT2D eigenvalue weighted by molar-refractivity contribution is -0.277. The molecule has 0 spiro atoms. The van der Waals surface area contributed by atoms with Crippen molar-refractivity contribution in [3.05, 3.63) is 50.3 Å². The van der Waals surface area contributed by atoms with Crippen molar-refractivity contribution in [3.63, 3.8) is 0 Å². The molecule has 9 heteroatoms. The van der Waals surface area contributed by atoms with E-state index in [1.807, 2.05) is 0 Å². The van der Waals surface area contributed by atoms with E-state index in [2.05, 4.69) is 5.32 Å². The molecule has 5 N–H and O–H groups in total. The van der Waals surface area contributed by atoms with Crippen LogP contribution in [0.2, 0.25) is 0 Å². The zero-order valence-electron chi connectivity index (χ0n) is 13.8. The molecule has 1 saturated heterocycles. The van der Waals surface area contributed by atoms with Crippen LogP contribution in [0.1, 0.15) is 5.56 Å². The summed E-state index contributed by atoms with van der Waals surface area (Å²) >= 11 is 0. The Morgan fingerprint density at radius 3 is 2.27 bits per heavy atom. The van der Waals surface area contributed by atoms with Crippen molar-refractivity contribution in [1.29, 1.82) is 0 Å². The maximum Gasteiger partial charge on any atom is 0.249 e. The molecule has 2 aromatic carbocycles. The van der Waals surface area contributed by atoms with E-state index in [0.29, 0.717) is 17.0 Å². The molecule has 0 saturated carbocycles. The van der Waals surface area contributed by atoms with Gasteiger partial charge in [-0.3, -0.25) is 9.59 Å². The molecule has 1 aliphatic heterocycles. The molecule has 1 fully saturated rings. The van der Waals surface area contributed by atoms with Gasteiger partial charge >= 0.3 is 0 Å². The number of benzene rings is 1. The number of anilines is 2. The molecule has 3 unspecified atom stereocenters. The van der Waals surface area contributed by atoms with Gasteiger partial charge in [0.2, 0.25) is 17.1 Å². The topological polar surface area (TPSA) is 146 Å². The molecular formula is C17H19NO8. The summed E-state index contributed by atoms with van der Waals surface area (Å²) < 4.78 is 10.7. The van der Waals surface area contributed by atoms with Gasteiger partial charge in [-0.15, -0.1) is 0 Å². The molecule has 1 heterocycles. The fraction of sp³-hybridized carbons (Fsp3) is 0.412. The van der Waals surface area contributed by atoms with E-state index in [4.69, 9.17) is 14.6 Å². The van der Waals surface area contributed by atoms with Gasteiger partial charge in [-0.25, -0.2) is 0 Å². The highest BCUT2D eigenvalue weighted by Gasteiger charge is 2.44. The van der Waals surface area contributed by atoms with E-state index in [9.17, 15) is 24.9 Å². The average molecular weight is 365 g/mol. The normalized spacial score (nSPS) is 28.9. The Kier molecular flexibility index (Phi) is 5.08. The van der Waals surface area contributed by atoms with Crippen LogP contribution in [0.3, 0.4) is 0 Å². The zero-order chi connectivity index (χ0) is 19.0. The number of aliphatic hydroxyl groups excluding tert-OH is 4. The second kappa shape index (κ2) is 7.14. The van der Waals surface area contributed by atoms with Crippen molar-refractivity contribution in [2.45, 2.75) is 37.6 Å². The van der Waals surface area contributed by atoms with Gasteiger partial charge in [0.1, 0.15) is 30.2 Å². The van der Waals surface area contributed by atoms with Crippen LogP contribution in [-0.4, -0.2) is 57.7 Å². The lowest BCUT2D eigenvalue weighted by Crippen LogP contribution is -2.60. The van der Waals surface area contributed by atoms with Crippen LogP contribution < -0.4 is 20.9 Å². The molecule has 140 valence electrons. The summed E-state index contributed by atoms with van der Waals surface area (Å²) in [4.78, 5) is 22.7. The van der Waals surface area contributed by atoms with Gasteiger partial charge < -0.3 is 35.2 Å². The molecule has 1 aliphatic rings. The summed E-state index contributed by atoms with van der Waals surface area (Å²) in [6.45, 7) is 1.01. The SMILES string of the molecule is Cc1c(Nc2ccc(OC3OC(CO)C(O)[C@H](O)[C@H]3O)cc2)c(=O)c1=O. The summed E-state index contributed by atoms with van der Waals surface area (Å²) in [5, 5.41) is 41.4. The number of nitrogens with one attached hydrogen (secondary N) is 1. The van der Waals surface area contributed by atoms with Crippen molar-refractivity contribution in [2.24, 2.45) is 0 Å². The van der Waals surface area contributed by atoms with E-state index in [0.717, 1.165) is 0 Å². The van der Waals surface area contributed by atoms with Gasteiger partial charge in [-0.2, -0.15) is 0 Å². The molecular weight excluding hydrogens is 346 g/mol. The molecule has 26 heavy (non-hydrogen) atoms. The maximum absolute atomic E-state index is 11.5. The highest BCUT2D eigenvalue weighted by molar-refractivity contribution is 5.66. The Bertz CT molecular complexity index is 839. The summed E-state index contributed by atoms with van der Waals surface area (Å²) in [6, 6.07) is 6.25. The fourth-order valence-electron chi connectivity index (χ4n) is 2.72. The van der Waals surface area contributed by atoms with E-state index in [-0.39, 0.29) is 5.69 Å². The summed E-state index contributed by atoms with van der Waals surface area (Å²) in [6.07, 6.45) is -6.82. The second-order valence-electron chi connectivity index (χ2n) is 6.12. The summed E-state index contributed by atoms with van der Waals surface area (Å²) in [5.41, 5.74) is 0.106. The first-order valence-corrected chi connectivity index (χ1v) is 7.97. The Balaban J connectivity index is 1.67. The summed E-state index contributed by atoms with van der Waals surface area (Å²) in [7, 11) is 0. The number of rotatable bonds is 5. The predicted octanol–water partition coefficient (Wildman–Crippen LogP) is -1.49. The Labute approximate surface area is 147 Å². The largest absolute Gasteiger partial charge is 0.462 e. The first-order chi connectivity index (χ1) is 12.3. The minimum Gasteiger partial charge on any atom is -0.462 e. The molecule has 5 atom stereocenters. The predicted molar refractivity (Wildman–Crippen MR) is 90.2 cm³/mol. The first kappa shape index (κ1) is 18.5. The monoisotopic (exact) mass is 365 g/mol. The van der Waals surface area contributed by atoms with E-state index in [1.54, 1.807) is 19.1 Å². The van der Waals surface area contributed by atoms with Crippen LogP contribution in [0.4, 0.5) is 11.4 Å². The van der Waals surface area contributed by atoms with Gasteiger partial charge in [0.25, 0.3) is 0 Å². The molecule has 2 aromatic rings. The Hall–Kier alpha value is -2.30. The van der Waals surface area contributed by atoms with Crippen molar-refractivity contribution in [1.82, 2.24) is 0 Å². The minimum absolute atomic E-state index is 0.248. The smallest absolute Gasteiger partial charge is 0.249 e. The van der Waals surface area contributed by atoms with Crippen molar-refractivity contribution in [2.75, 3.05) is 11.9 Å². The molecule has 0 bridgehead atoms. The van der Waals surface area contributed by atoms with Crippen LogP contribution >= 0.6 is 0 Å². The van der Waals surface area contributed by atoms with Crippen LogP contribution in [0.5, 0.6) is 5.75 Å². The lowest BCUT2D eigenvalue weighted by atomic mass is 9.99. The fourth-order valence-corrected chi connectivity index (χ4v) is 2.72. The summed E-state index contributed by atoms with van der Waals surface area (Å²) in [5.74, 6) is 0.293. The Morgan fingerprint density at radius 2 is 1.69 bits per heavy atom. The number of aliphatic hydroxyl groups is 4. The third-order valence-corrected chi connectivity index (χ3v) is 4.37. The van der Waals surface area contributed by atoms with Crippen molar-refractivity contribution < 1.29 is 29.9 Å². The molecule has 0 aromatic heterocycles. The Morgan fingerprint density at radius 1 is 1.04 bits per heavy atom. The van der Waals surface area contributed by atoms with Crippen LogP contribution in [0.25, 0.3) is 0 Å². The van der Waals surface area contributed by atoms with Crippen molar-refractivity contribution in [3.8, 4) is 5.75 Å². The van der Waals surface area contributed by atoms with Gasteiger partial charge in [0, 0.05) is 11.3 Å². The first-order valence-electron chi connectivity index (χ1n) is 7.97. The molecule has 0 aliphatic carbocycles. The highest BCUT2D eigenvalue weighted by Crippen LogP contribution is 2.26.